The van der Waals surface area contributed by atoms with Gasteiger partial charge in [0.1, 0.15) is 17.4 Å². The number of aromatic nitrogens is 2. The zero-order valence-electron chi connectivity index (χ0n) is 10.7. The number of hydrogen-bond acceptors (Lipinski definition) is 4. The Kier molecular flexibility index (Phi) is 2.74. The number of hydrogen-bond donors (Lipinski definition) is 3. The molecule has 7 nitrogen and oxygen atoms in total. The number of aryl methyl sites for hydroxylation is 1. The molecule has 1 aliphatic rings. The molecule has 0 aliphatic carbocycles. The van der Waals surface area contributed by atoms with E-state index < -0.39 is 17.9 Å². The van der Waals surface area contributed by atoms with Crippen LogP contribution in [0, 0.1) is 6.92 Å². The maximum absolute atomic E-state index is 12.2. The molecule has 20 heavy (non-hydrogen) atoms. The van der Waals surface area contributed by atoms with E-state index in [1.54, 1.807) is 19.1 Å². The molecule has 0 radical (unpaired) electrons. The zero-order valence-corrected chi connectivity index (χ0v) is 10.7. The minimum Gasteiger partial charge on any atom is -0.342 e. The van der Waals surface area contributed by atoms with Crippen LogP contribution in [0.2, 0.25) is 0 Å². The molecular formula is C13H12N4O3. The molecular weight excluding hydrogens is 260 g/mol. The van der Waals surface area contributed by atoms with Crippen LogP contribution in [-0.2, 0) is 9.59 Å². The molecule has 2 aromatic rings. The number of H-pyrrole nitrogens is 1. The molecule has 1 saturated heterocycles. The number of carbonyl (C=O) groups excluding carboxylic acids is 3. The predicted octanol–water partition coefficient (Wildman–Crippen LogP) is 0.0162. The van der Waals surface area contributed by atoms with E-state index in [0.717, 1.165) is 5.52 Å². The normalized spacial score (nSPS) is 18.4. The molecule has 0 spiro atoms. The Hall–Kier alpha value is -2.70. The van der Waals surface area contributed by atoms with Gasteiger partial charge in [0.25, 0.3) is 5.91 Å². The van der Waals surface area contributed by atoms with Crippen LogP contribution in [0.3, 0.4) is 0 Å². The van der Waals surface area contributed by atoms with E-state index in [4.69, 9.17) is 0 Å². The fourth-order valence-corrected chi connectivity index (χ4v) is 2.24. The Labute approximate surface area is 113 Å². The van der Waals surface area contributed by atoms with Crippen molar-refractivity contribution in [1.29, 1.82) is 0 Å². The van der Waals surface area contributed by atoms with Crippen LogP contribution < -0.4 is 10.6 Å². The first-order valence-electron chi connectivity index (χ1n) is 6.14. The van der Waals surface area contributed by atoms with Crippen molar-refractivity contribution in [2.24, 2.45) is 0 Å². The number of imidazole rings is 1. The zero-order chi connectivity index (χ0) is 14.3. The van der Waals surface area contributed by atoms with Crippen molar-refractivity contribution in [3.8, 4) is 0 Å². The lowest BCUT2D eigenvalue weighted by Gasteiger charge is -2.09. The Balaban J connectivity index is 1.89. The van der Waals surface area contributed by atoms with Crippen molar-refractivity contribution in [3.63, 3.8) is 0 Å². The van der Waals surface area contributed by atoms with E-state index in [9.17, 15) is 14.4 Å². The number of rotatable bonds is 2. The highest BCUT2D eigenvalue weighted by atomic mass is 16.2. The smallest absolute Gasteiger partial charge is 0.254 e. The third kappa shape index (κ3) is 2.03. The molecule has 3 amide bonds. The van der Waals surface area contributed by atoms with E-state index in [1.165, 1.54) is 0 Å². The van der Waals surface area contributed by atoms with Crippen LogP contribution in [0.1, 0.15) is 22.6 Å². The van der Waals surface area contributed by atoms with Gasteiger partial charge in [0.2, 0.25) is 11.8 Å². The summed E-state index contributed by atoms with van der Waals surface area (Å²) in [6, 6.07) is 4.37. The molecule has 1 fully saturated rings. The highest BCUT2D eigenvalue weighted by Crippen LogP contribution is 2.16. The van der Waals surface area contributed by atoms with Gasteiger partial charge < -0.3 is 10.3 Å². The van der Waals surface area contributed by atoms with E-state index in [1.807, 2.05) is 6.07 Å². The van der Waals surface area contributed by atoms with E-state index >= 15 is 0 Å². The molecule has 1 aromatic carbocycles. The average molecular weight is 272 g/mol. The van der Waals surface area contributed by atoms with Crippen molar-refractivity contribution >= 4 is 28.8 Å². The summed E-state index contributed by atoms with van der Waals surface area (Å²) in [6.07, 6.45) is -0.0276. The number of carbonyl (C=O) groups is 3. The van der Waals surface area contributed by atoms with Gasteiger partial charge in [-0.3, -0.25) is 19.7 Å². The molecule has 1 aromatic heterocycles. The number of amides is 3. The summed E-state index contributed by atoms with van der Waals surface area (Å²) in [5, 5.41) is 4.70. The highest BCUT2D eigenvalue weighted by molar-refractivity contribution is 6.10. The second kappa shape index (κ2) is 4.44. The molecule has 1 atom stereocenters. The number of nitrogens with one attached hydrogen (secondary N) is 3. The Morgan fingerprint density at radius 1 is 1.40 bits per heavy atom. The van der Waals surface area contributed by atoms with Gasteiger partial charge >= 0.3 is 0 Å². The number of benzene rings is 1. The molecule has 0 bridgehead atoms. The minimum absolute atomic E-state index is 0.0276. The van der Waals surface area contributed by atoms with Crippen LogP contribution in [0.25, 0.3) is 11.0 Å². The van der Waals surface area contributed by atoms with Crippen LogP contribution in [0.15, 0.2) is 18.2 Å². The molecule has 1 aliphatic heterocycles. The van der Waals surface area contributed by atoms with Crippen molar-refractivity contribution in [2.75, 3.05) is 0 Å². The number of aromatic amines is 1. The van der Waals surface area contributed by atoms with Crippen molar-refractivity contribution in [3.05, 3.63) is 29.6 Å². The maximum atomic E-state index is 12.2. The van der Waals surface area contributed by atoms with Gasteiger partial charge in [-0.1, -0.05) is 6.07 Å². The summed E-state index contributed by atoms with van der Waals surface area (Å²) in [5.74, 6) is -0.575. The van der Waals surface area contributed by atoms with Crippen molar-refractivity contribution in [2.45, 2.75) is 19.4 Å². The monoisotopic (exact) mass is 272 g/mol. The lowest BCUT2D eigenvalue weighted by Crippen LogP contribution is -2.40. The van der Waals surface area contributed by atoms with Crippen molar-refractivity contribution in [1.82, 2.24) is 20.6 Å². The second-order valence-electron chi connectivity index (χ2n) is 4.67. The van der Waals surface area contributed by atoms with Crippen LogP contribution in [0.5, 0.6) is 0 Å². The number of imide groups is 1. The summed E-state index contributed by atoms with van der Waals surface area (Å²) in [5.41, 5.74) is 1.67. The van der Waals surface area contributed by atoms with Crippen molar-refractivity contribution < 1.29 is 14.4 Å². The van der Waals surface area contributed by atoms with Crippen LogP contribution >= 0.6 is 0 Å². The highest BCUT2D eigenvalue weighted by Gasteiger charge is 2.32. The first kappa shape index (κ1) is 12.3. The molecule has 2 heterocycles. The summed E-state index contributed by atoms with van der Waals surface area (Å²) < 4.78 is 0. The largest absolute Gasteiger partial charge is 0.342 e. The van der Waals surface area contributed by atoms with Crippen LogP contribution in [-0.4, -0.2) is 33.7 Å². The van der Waals surface area contributed by atoms with Gasteiger partial charge in [-0.15, -0.1) is 0 Å². The molecule has 0 saturated carbocycles. The first-order chi connectivity index (χ1) is 9.54. The summed E-state index contributed by atoms with van der Waals surface area (Å²) >= 11 is 0. The van der Waals surface area contributed by atoms with Crippen LogP contribution in [0.4, 0.5) is 0 Å². The molecule has 7 heteroatoms. The average Bonchev–Trinajstić information content (AvgIpc) is 2.90. The topological polar surface area (TPSA) is 104 Å². The fourth-order valence-electron chi connectivity index (χ4n) is 2.24. The standard InChI is InChI=1S/C13H12N4O3/c1-6-14-8-4-2-3-7(11(8)15-6)12(19)16-9-5-10(18)17-13(9)20/h2-4,9H,5H2,1H3,(H,14,15)(H,16,19)(H,17,18,20). The first-order valence-corrected chi connectivity index (χ1v) is 6.14. The summed E-state index contributed by atoms with van der Waals surface area (Å²) in [7, 11) is 0. The lowest BCUT2D eigenvalue weighted by atomic mass is 10.1. The number of fused-ring (bicyclic) bond motifs is 1. The second-order valence-corrected chi connectivity index (χ2v) is 4.67. The third-order valence-corrected chi connectivity index (χ3v) is 3.15. The van der Waals surface area contributed by atoms with E-state index in [2.05, 4.69) is 20.6 Å². The number of nitrogens with zero attached hydrogens (tertiary/aromatic N) is 1. The molecule has 1 unspecified atom stereocenters. The Morgan fingerprint density at radius 2 is 2.20 bits per heavy atom. The fraction of sp³-hybridized carbons (Fsp3) is 0.231. The Morgan fingerprint density at radius 3 is 2.90 bits per heavy atom. The lowest BCUT2D eigenvalue weighted by molar-refractivity contribution is -0.125. The van der Waals surface area contributed by atoms with E-state index in [-0.39, 0.29) is 12.3 Å². The number of para-hydroxylation sites is 1. The quantitative estimate of drug-likeness (QED) is 0.670. The van der Waals surface area contributed by atoms with Gasteiger partial charge in [-0.05, 0) is 19.1 Å². The molecule has 3 rings (SSSR count). The molecule has 102 valence electrons. The predicted molar refractivity (Wildman–Crippen MR) is 69.9 cm³/mol. The van der Waals surface area contributed by atoms with E-state index in [0.29, 0.717) is 16.9 Å². The molecule has 3 N–H and O–H groups in total. The third-order valence-electron chi connectivity index (χ3n) is 3.15. The van der Waals surface area contributed by atoms with Gasteiger partial charge in [0, 0.05) is 0 Å². The minimum atomic E-state index is -0.815. The Bertz CT molecular complexity index is 734. The summed E-state index contributed by atoms with van der Waals surface area (Å²) in [6.45, 7) is 1.80. The van der Waals surface area contributed by atoms with Gasteiger partial charge in [0.15, 0.2) is 0 Å². The van der Waals surface area contributed by atoms with Gasteiger partial charge in [-0.2, -0.15) is 0 Å². The van der Waals surface area contributed by atoms with Gasteiger partial charge in [-0.25, -0.2) is 4.98 Å². The summed E-state index contributed by atoms with van der Waals surface area (Å²) in [4.78, 5) is 42.1. The SMILES string of the molecule is Cc1nc2c(C(=O)NC3CC(=O)NC3=O)cccc2[nH]1. The van der Waals surface area contributed by atoms with Gasteiger partial charge in [0.05, 0.1) is 17.5 Å². The maximum Gasteiger partial charge on any atom is 0.254 e.